The summed E-state index contributed by atoms with van der Waals surface area (Å²) in [6.07, 6.45) is 1.62. The highest BCUT2D eigenvalue weighted by molar-refractivity contribution is 8.00. The van der Waals surface area contributed by atoms with Crippen LogP contribution in [0.25, 0.3) is 6.08 Å². The molecule has 5 nitrogen and oxygen atoms in total. The molecule has 38 heavy (non-hydrogen) atoms. The van der Waals surface area contributed by atoms with E-state index in [1.54, 1.807) is 72.8 Å². The molecule has 0 aliphatic carbocycles. The number of hydrogen-bond acceptors (Lipinski definition) is 4. The van der Waals surface area contributed by atoms with Crippen LogP contribution in [0.1, 0.15) is 26.3 Å². The molecule has 0 saturated heterocycles. The lowest BCUT2D eigenvalue weighted by Gasteiger charge is -2.12. The first-order chi connectivity index (χ1) is 18.4. The number of rotatable bonds is 9. The van der Waals surface area contributed by atoms with Gasteiger partial charge in [-0.05, 0) is 66.2 Å². The van der Waals surface area contributed by atoms with Crippen LogP contribution in [0.5, 0.6) is 0 Å². The van der Waals surface area contributed by atoms with Gasteiger partial charge in [0.15, 0.2) is 5.78 Å². The largest absolute Gasteiger partial charge is 0.321 e. The second-order valence-corrected chi connectivity index (χ2v) is 10.00. The molecule has 2 N–H and O–H groups in total. The number of amides is 2. The topological polar surface area (TPSA) is 75.3 Å². The Kier molecular flexibility index (Phi) is 9.38. The summed E-state index contributed by atoms with van der Waals surface area (Å²) < 4.78 is 0. The molecule has 0 fully saturated rings. The van der Waals surface area contributed by atoms with E-state index in [1.807, 2.05) is 36.4 Å². The Bertz CT molecular complexity index is 1470. The second kappa shape index (κ2) is 13.1. The van der Waals surface area contributed by atoms with Crippen LogP contribution < -0.4 is 10.6 Å². The molecule has 0 saturated carbocycles. The molecule has 4 rings (SSSR count). The van der Waals surface area contributed by atoms with Crippen molar-refractivity contribution in [3.63, 3.8) is 0 Å². The van der Waals surface area contributed by atoms with E-state index in [2.05, 4.69) is 10.6 Å². The van der Waals surface area contributed by atoms with Gasteiger partial charge in [0, 0.05) is 26.7 Å². The van der Waals surface area contributed by atoms with E-state index in [1.165, 1.54) is 11.8 Å². The highest BCUT2D eigenvalue weighted by atomic mass is 35.5. The molecule has 0 atom stereocenters. The minimum atomic E-state index is -0.467. The summed E-state index contributed by atoms with van der Waals surface area (Å²) in [5.41, 5.74) is 2.27. The van der Waals surface area contributed by atoms with E-state index in [4.69, 9.17) is 23.2 Å². The van der Waals surface area contributed by atoms with Gasteiger partial charge in [0.25, 0.3) is 11.8 Å². The standard InChI is InChI=1S/C30H22Cl2N2O3S/c31-22-11-16-25(26(32)18-22)28(35)19-38-24-14-12-23(13-15-24)33-30(37)27(17-20-7-3-1-4-8-20)34-29(36)21-9-5-2-6-10-21/h1-18H,19H2,(H,33,37)(H,34,36)/b27-17-. The van der Waals surface area contributed by atoms with Crippen molar-refractivity contribution >= 4 is 64.3 Å². The molecule has 0 bridgehead atoms. The Labute approximate surface area is 234 Å². The molecule has 190 valence electrons. The van der Waals surface area contributed by atoms with Gasteiger partial charge in [-0.2, -0.15) is 0 Å². The molecule has 0 aliphatic heterocycles. The van der Waals surface area contributed by atoms with Crippen LogP contribution in [0.4, 0.5) is 5.69 Å². The Hall–Kier alpha value is -3.84. The van der Waals surface area contributed by atoms with Gasteiger partial charge in [-0.15, -0.1) is 11.8 Å². The van der Waals surface area contributed by atoms with Crippen molar-refractivity contribution in [1.82, 2.24) is 5.32 Å². The van der Waals surface area contributed by atoms with Gasteiger partial charge in [0.05, 0.1) is 10.8 Å². The van der Waals surface area contributed by atoms with Crippen LogP contribution in [0.3, 0.4) is 0 Å². The highest BCUT2D eigenvalue weighted by Gasteiger charge is 2.16. The molecule has 4 aromatic carbocycles. The predicted molar refractivity (Wildman–Crippen MR) is 155 cm³/mol. The molecule has 0 unspecified atom stereocenters. The molecule has 0 radical (unpaired) electrons. The lowest BCUT2D eigenvalue weighted by molar-refractivity contribution is -0.113. The lowest BCUT2D eigenvalue weighted by Crippen LogP contribution is -2.30. The lowest BCUT2D eigenvalue weighted by atomic mass is 10.1. The Morgan fingerprint density at radius 1 is 0.789 bits per heavy atom. The molecular formula is C30H22Cl2N2O3S. The number of carbonyl (C=O) groups excluding carboxylic acids is 3. The van der Waals surface area contributed by atoms with Gasteiger partial charge in [-0.1, -0.05) is 71.7 Å². The first-order valence-electron chi connectivity index (χ1n) is 11.5. The summed E-state index contributed by atoms with van der Waals surface area (Å²) in [5.74, 6) is -0.771. The first-order valence-corrected chi connectivity index (χ1v) is 13.3. The number of hydrogen-bond donors (Lipinski definition) is 2. The number of thioether (sulfide) groups is 1. The van der Waals surface area contributed by atoms with Gasteiger partial charge >= 0.3 is 0 Å². The van der Waals surface area contributed by atoms with E-state index < -0.39 is 5.91 Å². The molecule has 4 aromatic rings. The zero-order valence-corrected chi connectivity index (χ0v) is 22.3. The number of nitrogens with one attached hydrogen (secondary N) is 2. The number of carbonyl (C=O) groups is 3. The predicted octanol–water partition coefficient (Wildman–Crippen LogP) is 7.38. The van der Waals surface area contributed by atoms with E-state index in [9.17, 15) is 14.4 Å². The van der Waals surface area contributed by atoms with Crippen LogP contribution in [0.2, 0.25) is 10.0 Å². The summed E-state index contributed by atoms with van der Waals surface area (Å²) in [6, 6.07) is 29.8. The van der Waals surface area contributed by atoms with Crippen molar-refractivity contribution in [2.75, 3.05) is 11.1 Å². The molecule has 0 aliphatic rings. The molecule has 2 amide bonds. The number of halogens is 2. The number of anilines is 1. The smallest absolute Gasteiger partial charge is 0.272 e. The SMILES string of the molecule is O=C(Nc1ccc(SCC(=O)c2ccc(Cl)cc2Cl)cc1)/C(=C/c1ccccc1)NC(=O)c1ccccc1. The number of Topliss-reactive ketones (excluding diaryl/α,β-unsaturated/α-hetero) is 1. The third-order valence-electron chi connectivity index (χ3n) is 5.35. The molecule has 0 spiro atoms. The van der Waals surface area contributed by atoms with Crippen molar-refractivity contribution in [3.05, 3.63) is 136 Å². The summed E-state index contributed by atoms with van der Waals surface area (Å²) >= 11 is 13.4. The highest BCUT2D eigenvalue weighted by Crippen LogP contribution is 2.25. The van der Waals surface area contributed by atoms with Crippen molar-refractivity contribution in [2.24, 2.45) is 0 Å². The fourth-order valence-electron chi connectivity index (χ4n) is 3.43. The van der Waals surface area contributed by atoms with Crippen LogP contribution >= 0.6 is 35.0 Å². The van der Waals surface area contributed by atoms with E-state index in [0.29, 0.717) is 26.9 Å². The van der Waals surface area contributed by atoms with Crippen molar-refractivity contribution in [2.45, 2.75) is 4.90 Å². The fraction of sp³-hybridized carbons (Fsp3) is 0.0333. The van der Waals surface area contributed by atoms with Crippen LogP contribution in [0.15, 0.2) is 114 Å². The quantitative estimate of drug-likeness (QED) is 0.127. The Morgan fingerprint density at radius 2 is 1.45 bits per heavy atom. The van der Waals surface area contributed by atoms with Crippen molar-refractivity contribution in [1.29, 1.82) is 0 Å². The summed E-state index contributed by atoms with van der Waals surface area (Å²) in [7, 11) is 0. The normalized spacial score (nSPS) is 11.1. The van der Waals surface area contributed by atoms with Gasteiger partial charge < -0.3 is 10.6 Å². The van der Waals surface area contributed by atoms with E-state index in [0.717, 1.165) is 10.5 Å². The van der Waals surface area contributed by atoms with Gasteiger partial charge in [-0.25, -0.2) is 0 Å². The van der Waals surface area contributed by atoms with Gasteiger partial charge in [-0.3, -0.25) is 14.4 Å². The summed E-state index contributed by atoms with van der Waals surface area (Å²) in [5, 5.41) is 6.33. The molecule has 8 heteroatoms. The average Bonchev–Trinajstić information content (AvgIpc) is 2.93. The summed E-state index contributed by atoms with van der Waals surface area (Å²) in [6.45, 7) is 0. The Balaban J connectivity index is 1.42. The number of ketones is 1. The molecule has 0 heterocycles. The van der Waals surface area contributed by atoms with E-state index >= 15 is 0 Å². The van der Waals surface area contributed by atoms with Gasteiger partial charge in [0.2, 0.25) is 0 Å². The van der Waals surface area contributed by atoms with Crippen LogP contribution in [-0.2, 0) is 4.79 Å². The van der Waals surface area contributed by atoms with E-state index in [-0.39, 0.29) is 23.1 Å². The zero-order valence-electron chi connectivity index (χ0n) is 20.0. The van der Waals surface area contributed by atoms with Crippen LogP contribution in [-0.4, -0.2) is 23.4 Å². The zero-order chi connectivity index (χ0) is 26.9. The van der Waals surface area contributed by atoms with Crippen LogP contribution in [0, 0.1) is 0 Å². The number of benzene rings is 4. The maximum Gasteiger partial charge on any atom is 0.272 e. The summed E-state index contributed by atoms with van der Waals surface area (Å²) in [4.78, 5) is 39.2. The first kappa shape index (κ1) is 27.2. The van der Waals surface area contributed by atoms with Gasteiger partial charge in [0.1, 0.15) is 5.70 Å². The third-order valence-corrected chi connectivity index (χ3v) is 6.91. The Morgan fingerprint density at radius 3 is 2.11 bits per heavy atom. The fourth-order valence-corrected chi connectivity index (χ4v) is 4.73. The third kappa shape index (κ3) is 7.59. The van der Waals surface area contributed by atoms with Crippen molar-refractivity contribution < 1.29 is 14.4 Å². The monoisotopic (exact) mass is 560 g/mol. The second-order valence-electron chi connectivity index (χ2n) is 8.10. The minimum Gasteiger partial charge on any atom is -0.321 e. The minimum absolute atomic E-state index is 0.106. The molecular weight excluding hydrogens is 539 g/mol. The maximum atomic E-state index is 13.1. The average molecular weight is 561 g/mol. The maximum absolute atomic E-state index is 13.1. The van der Waals surface area contributed by atoms with Crippen molar-refractivity contribution in [3.8, 4) is 0 Å². The molecule has 0 aromatic heterocycles.